The van der Waals surface area contributed by atoms with E-state index >= 15 is 0 Å². The van der Waals surface area contributed by atoms with Crippen LogP contribution >= 0.6 is 0 Å². The molecule has 0 atom stereocenters. The van der Waals surface area contributed by atoms with Gasteiger partial charge in [0.25, 0.3) is 0 Å². The third-order valence-electron chi connectivity index (χ3n) is 1.47. The van der Waals surface area contributed by atoms with E-state index in [1.54, 1.807) is 13.1 Å². The van der Waals surface area contributed by atoms with Gasteiger partial charge in [-0.05, 0) is 18.2 Å². The molecule has 4 heteroatoms. The number of hydrogen-bond donors (Lipinski definition) is 2. The van der Waals surface area contributed by atoms with Gasteiger partial charge in [0.2, 0.25) is 6.41 Å². The number of rotatable bonds is 3. The molecular formula is C8H9FN2O. The number of halogens is 1. The Morgan fingerprint density at radius 2 is 2.25 bits per heavy atom. The van der Waals surface area contributed by atoms with Gasteiger partial charge in [0.15, 0.2) is 0 Å². The van der Waals surface area contributed by atoms with Crippen LogP contribution in [0.3, 0.4) is 0 Å². The predicted octanol–water partition coefficient (Wildman–Crippen LogP) is 1.44. The van der Waals surface area contributed by atoms with Crippen LogP contribution in [0.5, 0.6) is 0 Å². The van der Waals surface area contributed by atoms with Crippen molar-refractivity contribution in [2.24, 2.45) is 0 Å². The number of carbonyl (C=O) groups is 1. The fraction of sp³-hybridized carbons (Fsp3) is 0.125. The van der Waals surface area contributed by atoms with Crippen LogP contribution in [0.25, 0.3) is 0 Å². The summed E-state index contributed by atoms with van der Waals surface area (Å²) in [5.41, 5.74) is 0.928. The lowest BCUT2D eigenvalue weighted by atomic mass is 10.2. The first kappa shape index (κ1) is 8.52. The number of carbonyl (C=O) groups excluding carboxylic acids is 1. The highest BCUT2D eigenvalue weighted by Gasteiger charge is 2.00. The number of nitrogens with one attached hydrogen (secondary N) is 2. The minimum atomic E-state index is -0.443. The first-order valence-corrected chi connectivity index (χ1v) is 3.45. The molecule has 0 radical (unpaired) electrons. The second-order valence-electron chi connectivity index (χ2n) is 2.21. The maximum atomic E-state index is 12.8. The fourth-order valence-corrected chi connectivity index (χ4v) is 0.855. The molecule has 0 unspecified atom stereocenters. The molecule has 0 aromatic heterocycles. The molecule has 0 aliphatic heterocycles. The normalized spacial score (nSPS) is 9.17. The summed E-state index contributed by atoms with van der Waals surface area (Å²) in [4.78, 5) is 10.0. The minimum absolute atomic E-state index is 0.178. The molecule has 3 nitrogen and oxygen atoms in total. The van der Waals surface area contributed by atoms with E-state index in [1.807, 2.05) is 0 Å². The van der Waals surface area contributed by atoms with Crippen LogP contribution in [0.4, 0.5) is 15.8 Å². The largest absolute Gasteiger partial charge is 0.388 e. The van der Waals surface area contributed by atoms with Crippen LogP contribution in [0.1, 0.15) is 0 Å². The van der Waals surface area contributed by atoms with Gasteiger partial charge in [-0.1, -0.05) is 0 Å². The molecule has 0 saturated carbocycles. The Morgan fingerprint density at radius 3 is 2.83 bits per heavy atom. The first-order chi connectivity index (χ1) is 5.77. The van der Waals surface area contributed by atoms with Crippen molar-refractivity contribution in [2.45, 2.75) is 0 Å². The van der Waals surface area contributed by atoms with Gasteiger partial charge in [-0.2, -0.15) is 0 Å². The summed E-state index contributed by atoms with van der Waals surface area (Å²) in [6.07, 6.45) is 0.442. The maximum Gasteiger partial charge on any atom is 0.211 e. The van der Waals surface area contributed by atoms with Gasteiger partial charge in [-0.3, -0.25) is 4.79 Å². The summed E-state index contributed by atoms with van der Waals surface area (Å²) >= 11 is 0. The van der Waals surface area contributed by atoms with Crippen molar-refractivity contribution in [2.75, 3.05) is 17.7 Å². The van der Waals surface area contributed by atoms with Crippen LogP contribution in [-0.2, 0) is 4.79 Å². The summed E-state index contributed by atoms with van der Waals surface area (Å²) in [6, 6.07) is 4.40. The zero-order chi connectivity index (χ0) is 8.97. The van der Waals surface area contributed by atoms with Crippen LogP contribution in [-0.4, -0.2) is 13.5 Å². The quantitative estimate of drug-likeness (QED) is 0.670. The molecule has 0 aliphatic rings. The van der Waals surface area contributed by atoms with Gasteiger partial charge in [0, 0.05) is 12.7 Å². The summed E-state index contributed by atoms with van der Waals surface area (Å²) in [5.74, 6) is -0.443. The van der Waals surface area contributed by atoms with Gasteiger partial charge in [-0.25, -0.2) is 4.39 Å². The van der Waals surface area contributed by atoms with Crippen molar-refractivity contribution in [3.05, 3.63) is 24.0 Å². The van der Waals surface area contributed by atoms with E-state index < -0.39 is 5.82 Å². The molecule has 1 aromatic carbocycles. The van der Waals surface area contributed by atoms with Gasteiger partial charge < -0.3 is 10.6 Å². The molecule has 1 amide bonds. The molecule has 12 heavy (non-hydrogen) atoms. The van der Waals surface area contributed by atoms with Crippen molar-refractivity contribution < 1.29 is 9.18 Å². The SMILES string of the molecule is CNc1ccc(F)c(NC=O)c1. The monoisotopic (exact) mass is 168 g/mol. The van der Waals surface area contributed by atoms with E-state index in [4.69, 9.17) is 0 Å². The topological polar surface area (TPSA) is 41.1 Å². The van der Waals surface area contributed by atoms with Crippen LogP contribution < -0.4 is 10.6 Å². The smallest absolute Gasteiger partial charge is 0.211 e. The third kappa shape index (κ3) is 1.72. The second-order valence-corrected chi connectivity index (χ2v) is 2.21. The van der Waals surface area contributed by atoms with E-state index in [2.05, 4.69) is 10.6 Å². The number of benzene rings is 1. The molecule has 1 aromatic rings. The van der Waals surface area contributed by atoms with E-state index in [1.165, 1.54) is 12.1 Å². The van der Waals surface area contributed by atoms with Crippen molar-refractivity contribution >= 4 is 17.8 Å². The molecule has 1 rings (SSSR count). The lowest BCUT2D eigenvalue weighted by Crippen LogP contribution is -1.98. The zero-order valence-corrected chi connectivity index (χ0v) is 6.60. The minimum Gasteiger partial charge on any atom is -0.388 e. The predicted molar refractivity (Wildman–Crippen MR) is 45.6 cm³/mol. The van der Waals surface area contributed by atoms with Gasteiger partial charge in [-0.15, -0.1) is 0 Å². The van der Waals surface area contributed by atoms with Crippen LogP contribution in [0, 0.1) is 5.82 Å². The van der Waals surface area contributed by atoms with Gasteiger partial charge in [0.1, 0.15) is 5.82 Å². The number of amides is 1. The Bertz CT molecular complexity index is 288. The third-order valence-corrected chi connectivity index (χ3v) is 1.47. The van der Waals surface area contributed by atoms with E-state index in [9.17, 15) is 9.18 Å². The highest BCUT2D eigenvalue weighted by molar-refractivity contribution is 5.73. The standard InChI is InChI=1S/C8H9FN2O/c1-10-6-2-3-7(9)8(4-6)11-5-12/h2-5,10H,1H3,(H,11,12). The van der Waals surface area contributed by atoms with Gasteiger partial charge >= 0.3 is 0 Å². The summed E-state index contributed by atoms with van der Waals surface area (Å²) in [7, 11) is 1.72. The number of anilines is 2. The van der Waals surface area contributed by atoms with E-state index in [0.29, 0.717) is 6.41 Å². The first-order valence-electron chi connectivity index (χ1n) is 3.45. The van der Waals surface area contributed by atoms with E-state index in [0.717, 1.165) is 5.69 Å². The number of hydrogen-bond acceptors (Lipinski definition) is 2. The summed E-state index contributed by atoms with van der Waals surface area (Å²) in [5, 5.41) is 5.09. The second kappa shape index (κ2) is 3.71. The summed E-state index contributed by atoms with van der Waals surface area (Å²) < 4.78 is 12.8. The average Bonchev–Trinajstić information content (AvgIpc) is 2.09. The van der Waals surface area contributed by atoms with Crippen LogP contribution in [0.2, 0.25) is 0 Å². The van der Waals surface area contributed by atoms with Crippen molar-refractivity contribution in [3.8, 4) is 0 Å². The molecule has 0 fully saturated rings. The maximum absolute atomic E-state index is 12.8. The molecule has 0 spiro atoms. The Kier molecular flexibility index (Phi) is 2.63. The Labute approximate surface area is 69.6 Å². The molecule has 0 heterocycles. The molecule has 0 bridgehead atoms. The fourth-order valence-electron chi connectivity index (χ4n) is 0.855. The highest BCUT2D eigenvalue weighted by atomic mass is 19.1. The Hall–Kier alpha value is -1.58. The Balaban J connectivity index is 2.99. The van der Waals surface area contributed by atoms with Crippen molar-refractivity contribution in [1.82, 2.24) is 0 Å². The lowest BCUT2D eigenvalue weighted by Gasteiger charge is -2.03. The van der Waals surface area contributed by atoms with Crippen molar-refractivity contribution in [1.29, 1.82) is 0 Å². The molecular weight excluding hydrogens is 159 g/mol. The summed E-state index contributed by atoms with van der Waals surface area (Å²) in [6.45, 7) is 0. The lowest BCUT2D eigenvalue weighted by molar-refractivity contribution is -0.105. The molecule has 0 saturated heterocycles. The Morgan fingerprint density at radius 1 is 1.50 bits per heavy atom. The van der Waals surface area contributed by atoms with Crippen molar-refractivity contribution in [3.63, 3.8) is 0 Å². The van der Waals surface area contributed by atoms with E-state index in [-0.39, 0.29) is 5.69 Å². The van der Waals surface area contributed by atoms with Crippen LogP contribution in [0.15, 0.2) is 18.2 Å². The van der Waals surface area contributed by atoms with Gasteiger partial charge in [0.05, 0.1) is 5.69 Å². The average molecular weight is 168 g/mol. The molecule has 64 valence electrons. The highest BCUT2D eigenvalue weighted by Crippen LogP contribution is 2.18. The zero-order valence-electron chi connectivity index (χ0n) is 6.60. The molecule has 0 aliphatic carbocycles. The molecule has 2 N–H and O–H groups in total.